The van der Waals surface area contributed by atoms with Crippen LogP contribution >= 0.6 is 0 Å². The summed E-state index contributed by atoms with van der Waals surface area (Å²) >= 11 is 0. The highest BCUT2D eigenvalue weighted by Gasteiger charge is 2.31. The van der Waals surface area contributed by atoms with Crippen LogP contribution in [0, 0.1) is 0 Å². The predicted octanol–water partition coefficient (Wildman–Crippen LogP) is 0.996. The first-order valence-corrected chi connectivity index (χ1v) is 4.57. The summed E-state index contributed by atoms with van der Waals surface area (Å²) in [5, 5.41) is 9.31. The maximum absolute atomic E-state index is 9.31. The summed E-state index contributed by atoms with van der Waals surface area (Å²) in [6, 6.07) is 0.697. The van der Waals surface area contributed by atoms with Gasteiger partial charge in [-0.05, 0) is 13.8 Å². The van der Waals surface area contributed by atoms with Gasteiger partial charge >= 0.3 is 0 Å². The minimum Gasteiger partial charge on any atom is -0.393 e. The molecule has 66 valence electrons. The number of hydrogen-bond donors (Lipinski definition) is 1. The van der Waals surface area contributed by atoms with Gasteiger partial charge in [-0.3, -0.25) is 0 Å². The molecule has 0 saturated carbocycles. The van der Waals surface area contributed by atoms with Crippen molar-refractivity contribution in [3.05, 3.63) is 0 Å². The van der Waals surface area contributed by atoms with Crippen LogP contribution in [0.25, 0.3) is 0 Å². The van der Waals surface area contributed by atoms with E-state index in [-0.39, 0.29) is 6.10 Å². The maximum Gasteiger partial charge on any atom is 0.0831 e. The minimum atomic E-state index is -0.0278. The van der Waals surface area contributed by atoms with Gasteiger partial charge in [-0.2, -0.15) is 0 Å². The zero-order chi connectivity index (χ0) is 8.48. The van der Waals surface area contributed by atoms with Gasteiger partial charge in [0.2, 0.25) is 0 Å². The van der Waals surface area contributed by atoms with Crippen molar-refractivity contribution >= 4 is 0 Å². The van der Waals surface area contributed by atoms with Gasteiger partial charge in [0, 0.05) is 12.8 Å². The van der Waals surface area contributed by atoms with E-state index in [1.165, 1.54) is 0 Å². The zero-order valence-corrected chi connectivity index (χ0v) is 7.88. The number of aliphatic hydroxyl groups excluding tert-OH is 1. The molecule has 1 saturated heterocycles. The quantitative estimate of drug-likeness (QED) is 0.564. The van der Waals surface area contributed by atoms with Crippen LogP contribution in [0.4, 0.5) is 0 Å². The van der Waals surface area contributed by atoms with Crippen molar-refractivity contribution in [2.24, 2.45) is 0 Å². The van der Waals surface area contributed by atoms with Gasteiger partial charge in [0.15, 0.2) is 0 Å². The molecule has 0 aromatic heterocycles. The summed E-state index contributed by atoms with van der Waals surface area (Å²) in [7, 11) is 2.29. The molecular formula is C9H20NO+. The molecule has 0 radical (unpaired) electrons. The first-order chi connectivity index (χ1) is 5.04. The average Bonchev–Trinajstić information content (AvgIpc) is 1.95. The Kier molecular flexibility index (Phi) is 2.55. The number of nitrogens with zero attached hydrogens (tertiary/aromatic N) is 1. The molecule has 1 N–H and O–H groups in total. The fourth-order valence-electron chi connectivity index (χ4n) is 1.66. The molecule has 0 aliphatic carbocycles. The summed E-state index contributed by atoms with van der Waals surface area (Å²) in [6.07, 6.45) is 1.93. The molecule has 2 heteroatoms. The van der Waals surface area contributed by atoms with Crippen LogP contribution in [0.2, 0.25) is 0 Å². The van der Waals surface area contributed by atoms with E-state index in [0.717, 1.165) is 30.4 Å². The summed E-state index contributed by atoms with van der Waals surface area (Å²) < 4.78 is 1.14. The molecule has 1 heterocycles. The normalized spacial score (nSPS) is 39.5. The monoisotopic (exact) mass is 158 g/mol. The molecule has 0 bridgehead atoms. The predicted molar refractivity (Wildman–Crippen MR) is 46.3 cm³/mol. The third kappa shape index (κ3) is 1.94. The van der Waals surface area contributed by atoms with Gasteiger partial charge in [-0.15, -0.1) is 0 Å². The first kappa shape index (κ1) is 9.01. The molecule has 0 spiro atoms. The highest BCUT2D eigenvalue weighted by molar-refractivity contribution is 4.62. The topological polar surface area (TPSA) is 20.2 Å². The Morgan fingerprint density at radius 3 is 2.09 bits per heavy atom. The summed E-state index contributed by atoms with van der Waals surface area (Å²) in [6.45, 7) is 6.80. The van der Waals surface area contributed by atoms with Crippen molar-refractivity contribution in [3.63, 3.8) is 0 Å². The molecule has 0 unspecified atom stereocenters. The van der Waals surface area contributed by atoms with Crippen molar-refractivity contribution in [3.8, 4) is 0 Å². The van der Waals surface area contributed by atoms with Crippen LogP contribution in [-0.4, -0.2) is 41.9 Å². The number of piperidine rings is 1. The fourth-order valence-corrected chi connectivity index (χ4v) is 1.66. The molecule has 0 aromatic carbocycles. The molecule has 0 atom stereocenters. The van der Waals surface area contributed by atoms with Gasteiger partial charge in [0.05, 0.1) is 32.3 Å². The van der Waals surface area contributed by atoms with Crippen LogP contribution in [0.3, 0.4) is 0 Å². The zero-order valence-electron chi connectivity index (χ0n) is 7.88. The Morgan fingerprint density at radius 2 is 1.73 bits per heavy atom. The molecule has 1 aliphatic heterocycles. The van der Waals surface area contributed by atoms with Crippen molar-refractivity contribution < 1.29 is 9.59 Å². The van der Waals surface area contributed by atoms with Crippen molar-refractivity contribution in [1.29, 1.82) is 0 Å². The fraction of sp³-hybridized carbons (Fsp3) is 1.00. The molecule has 1 rings (SSSR count). The van der Waals surface area contributed by atoms with Crippen molar-refractivity contribution in [2.75, 3.05) is 20.1 Å². The highest BCUT2D eigenvalue weighted by Crippen LogP contribution is 2.19. The van der Waals surface area contributed by atoms with E-state index in [0.29, 0.717) is 6.04 Å². The van der Waals surface area contributed by atoms with Gasteiger partial charge in [-0.1, -0.05) is 0 Å². The third-order valence-corrected chi connectivity index (χ3v) is 3.19. The number of aliphatic hydroxyl groups is 1. The van der Waals surface area contributed by atoms with E-state index in [4.69, 9.17) is 0 Å². The Balaban J connectivity index is 2.48. The van der Waals surface area contributed by atoms with Gasteiger partial charge in [-0.25, -0.2) is 0 Å². The Bertz CT molecular complexity index is 126. The maximum atomic E-state index is 9.31. The average molecular weight is 158 g/mol. The molecule has 0 amide bonds. The molecule has 1 aliphatic rings. The van der Waals surface area contributed by atoms with Crippen LogP contribution in [0.1, 0.15) is 26.7 Å². The standard InChI is InChI=1S/C9H20NO/c1-8(2)10(3)6-4-9(11)5-7-10/h8-9,11H,4-7H2,1-3H3/q+1. The van der Waals surface area contributed by atoms with Crippen LogP contribution < -0.4 is 0 Å². The van der Waals surface area contributed by atoms with E-state index in [1.54, 1.807) is 0 Å². The van der Waals surface area contributed by atoms with Crippen molar-refractivity contribution in [1.82, 2.24) is 0 Å². The second-order valence-corrected chi connectivity index (χ2v) is 4.25. The largest absolute Gasteiger partial charge is 0.393 e. The van der Waals surface area contributed by atoms with E-state index in [1.807, 2.05) is 0 Å². The van der Waals surface area contributed by atoms with E-state index >= 15 is 0 Å². The molecule has 2 nitrogen and oxygen atoms in total. The SMILES string of the molecule is CC(C)[N+]1(C)CCC(O)CC1. The summed E-state index contributed by atoms with van der Waals surface area (Å²) in [4.78, 5) is 0. The number of hydrogen-bond acceptors (Lipinski definition) is 1. The molecule has 11 heavy (non-hydrogen) atoms. The first-order valence-electron chi connectivity index (χ1n) is 4.57. The van der Waals surface area contributed by atoms with E-state index in [9.17, 15) is 5.11 Å². The Labute approximate surface area is 69.4 Å². The lowest BCUT2D eigenvalue weighted by atomic mass is 10.0. The van der Waals surface area contributed by atoms with Gasteiger partial charge in [0.1, 0.15) is 0 Å². The minimum absolute atomic E-state index is 0.0278. The highest BCUT2D eigenvalue weighted by atomic mass is 16.3. The van der Waals surface area contributed by atoms with Gasteiger partial charge < -0.3 is 9.59 Å². The van der Waals surface area contributed by atoms with Crippen molar-refractivity contribution in [2.45, 2.75) is 38.8 Å². The lowest BCUT2D eigenvalue weighted by Crippen LogP contribution is -2.55. The van der Waals surface area contributed by atoms with Crippen LogP contribution in [0.15, 0.2) is 0 Å². The second kappa shape index (κ2) is 3.11. The number of quaternary nitrogens is 1. The Morgan fingerprint density at radius 1 is 1.27 bits per heavy atom. The van der Waals surface area contributed by atoms with E-state index < -0.39 is 0 Å². The summed E-state index contributed by atoms with van der Waals surface area (Å²) in [5.74, 6) is 0. The molecule has 1 fully saturated rings. The van der Waals surface area contributed by atoms with E-state index in [2.05, 4.69) is 20.9 Å². The number of likely N-dealkylation sites (tertiary alicyclic amines) is 1. The summed E-state index contributed by atoms with van der Waals surface area (Å²) in [5.41, 5.74) is 0. The van der Waals surface area contributed by atoms with Crippen LogP contribution in [-0.2, 0) is 0 Å². The van der Waals surface area contributed by atoms with Crippen LogP contribution in [0.5, 0.6) is 0 Å². The number of rotatable bonds is 1. The smallest absolute Gasteiger partial charge is 0.0831 e. The second-order valence-electron chi connectivity index (χ2n) is 4.25. The molecule has 0 aromatic rings. The third-order valence-electron chi connectivity index (χ3n) is 3.19. The van der Waals surface area contributed by atoms with Gasteiger partial charge in [0.25, 0.3) is 0 Å². The lowest BCUT2D eigenvalue weighted by Gasteiger charge is -2.42. The molecular weight excluding hydrogens is 138 g/mol. The Hall–Kier alpha value is -0.0800. The lowest BCUT2D eigenvalue weighted by molar-refractivity contribution is -0.934.